The van der Waals surface area contributed by atoms with Gasteiger partial charge in [-0.15, -0.1) is 0 Å². The number of nitrogens with one attached hydrogen (secondary N) is 1. The maximum absolute atomic E-state index is 13.7. The van der Waals surface area contributed by atoms with E-state index < -0.39 is 6.10 Å². The Hall–Kier alpha value is -1.92. The molecule has 6 heteroatoms. The number of fused-ring (bicyclic) bond motifs is 2. The first-order valence-corrected chi connectivity index (χ1v) is 13.8. The summed E-state index contributed by atoms with van der Waals surface area (Å²) in [6.07, 6.45) is 13.4. The highest BCUT2D eigenvalue weighted by Gasteiger charge is 2.53. The smallest absolute Gasteiger partial charge is 0.294 e. The number of hydrogen-bond acceptors (Lipinski definition) is 5. The van der Waals surface area contributed by atoms with Crippen LogP contribution in [0.1, 0.15) is 92.2 Å². The van der Waals surface area contributed by atoms with Crippen LogP contribution in [-0.4, -0.2) is 23.8 Å². The number of aliphatic hydroxyl groups is 1. The highest BCUT2D eigenvalue weighted by Crippen LogP contribution is 2.62. The monoisotopic (exact) mass is 466 g/mol. The summed E-state index contributed by atoms with van der Waals surface area (Å²) >= 11 is 1.60. The lowest BCUT2D eigenvalue weighted by atomic mass is 9.66. The molecule has 1 aromatic carbocycles. The van der Waals surface area contributed by atoms with Crippen molar-refractivity contribution < 1.29 is 14.3 Å². The summed E-state index contributed by atoms with van der Waals surface area (Å²) in [5.74, 6) is 1.03. The van der Waals surface area contributed by atoms with Gasteiger partial charge in [0, 0.05) is 29.6 Å². The van der Waals surface area contributed by atoms with E-state index in [4.69, 9.17) is 4.42 Å². The molecule has 0 bridgehead atoms. The number of carbonyl (C=O) groups is 1. The molecule has 4 aliphatic rings. The summed E-state index contributed by atoms with van der Waals surface area (Å²) in [4.78, 5) is 15.6. The molecule has 2 spiro atoms. The predicted molar refractivity (Wildman–Crippen MR) is 133 cm³/mol. The van der Waals surface area contributed by atoms with Crippen molar-refractivity contribution in [2.24, 2.45) is 11.3 Å². The van der Waals surface area contributed by atoms with Crippen molar-refractivity contribution in [1.29, 1.82) is 0 Å². The van der Waals surface area contributed by atoms with E-state index in [0.29, 0.717) is 16.9 Å². The van der Waals surface area contributed by atoms with Crippen molar-refractivity contribution >= 4 is 29.2 Å². The Labute approximate surface area is 200 Å². The molecule has 2 N–H and O–H groups in total. The van der Waals surface area contributed by atoms with E-state index in [1.54, 1.807) is 24.1 Å². The Balaban J connectivity index is 1.29. The van der Waals surface area contributed by atoms with E-state index >= 15 is 0 Å². The molecule has 5 nitrogen and oxygen atoms in total. The normalized spacial score (nSPS) is 23.8. The van der Waals surface area contributed by atoms with Crippen molar-refractivity contribution in [3.8, 4) is 0 Å². The van der Waals surface area contributed by atoms with E-state index in [0.717, 1.165) is 56.4 Å². The minimum absolute atomic E-state index is 0.0354. The standard InChI is InChI=1S/C27H34N2O3S/c1-33-28-19-6-7-21-20(16-19)27(14-12-26(10-11-26)13-15-27)17-29(21)25(31)23-9-8-22(32-23)24(30)18-4-2-3-5-18/h6-9,16,18,24,28,30H,2-5,10-15,17H2,1H3. The number of aliphatic hydroxyl groups excluding tert-OH is 1. The SMILES string of the molecule is CSNc1ccc2c(c1)C1(CCC3(CC3)CC1)CN2C(=O)c1ccc(C(O)C2CCCC2)o1. The molecule has 0 saturated heterocycles. The van der Waals surface area contributed by atoms with Gasteiger partial charge in [0.15, 0.2) is 5.76 Å². The third-order valence-electron chi connectivity index (χ3n) is 8.98. The zero-order valence-corrected chi connectivity index (χ0v) is 20.3. The van der Waals surface area contributed by atoms with Crippen LogP contribution < -0.4 is 9.62 Å². The van der Waals surface area contributed by atoms with Gasteiger partial charge in [-0.1, -0.05) is 24.8 Å². The lowest BCUT2D eigenvalue weighted by molar-refractivity contribution is 0.0828. The van der Waals surface area contributed by atoms with Crippen LogP contribution in [0.25, 0.3) is 0 Å². The molecule has 176 valence electrons. The van der Waals surface area contributed by atoms with E-state index in [1.807, 2.05) is 11.2 Å². The Bertz CT molecular complexity index is 1040. The topological polar surface area (TPSA) is 65.7 Å². The first kappa shape index (κ1) is 21.6. The highest BCUT2D eigenvalue weighted by molar-refractivity contribution is 7.99. The van der Waals surface area contributed by atoms with Gasteiger partial charge in [0.1, 0.15) is 11.9 Å². The second-order valence-electron chi connectivity index (χ2n) is 10.9. The van der Waals surface area contributed by atoms with Crippen LogP contribution in [0, 0.1) is 11.3 Å². The van der Waals surface area contributed by atoms with Crippen molar-refractivity contribution in [3.63, 3.8) is 0 Å². The van der Waals surface area contributed by atoms with Crippen LogP contribution in [0.5, 0.6) is 0 Å². The Kier molecular flexibility index (Phi) is 5.29. The quantitative estimate of drug-likeness (QED) is 0.496. The Morgan fingerprint density at radius 1 is 1.12 bits per heavy atom. The summed E-state index contributed by atoms with van der Waals surface area (Å²) in [6.45, 7) is 0.723. The molecular weight excluding hydrogens is 432 g/mol. The Morgan fingerprint density at radius 2 is 1.85 bits per heavy atom. The number of nitrogens with zero attached hydrogens (tertiary/aromatic N) is 1. The molecule has 1 atom stereocenters. The molecule has 2 heterocycles. The van der Waals surface area contributed by atoms with Crippen LogP contribution in [0.2, 0.25) is 0 Å². The van der Waals surface area contributed by atoms with Gasteiger partial charge >= 0.3 is 0 Å². The van der Waals surface area contributed by atoms with Crippen LogP contribution in [0.3, 0.4) is 0 Å². The van der Waals surface area contributed by atoms with Crippen LogP contribution >= 0.6 is 11.9 Å². The number of furan rings is 1. The summed E-state index contributed by atoms with van der Waals surface area (Å²) in [7, 11) is 0. The average molecular weight is 467 g/mol. The number of amides is 1. The number of rotatable bonds is 5. The summed E-state index contributed by atoms with van der Waals surface area (Å²) < 4.78 is 9.34. The van der Waals surface area contributed by atoms with Gasteiger partial charge in [-0.2, -0.15) is 0 Å². The van der Waals surface area contributed by atoms with Crippen molar-refractivity contribution in [3.05, 3.63) is 47.4 Å². The lowest BCUT2D eigenvalue weighted by Gasteiger charge is -2.38. The molecule has 0 radical (unpaired) electrons. The summed E-state index contributed by atoms with van der Waals surface area (Å²) in [5, 5.41) is 10.7. The van der Waals surface area contributed by atoms with Gasteiger partial charge in [0.25, 0.3) is 5.91 Å². The fraction of sp³-hybridized carbons (Fsp3) is 0.593. The van der Waals surface area contributed by atoms with Crippen LogP contribution in [0.15, 0.2) is 34.7 Å². The largest absolute Gasteiger partial charge is 0.453 e. The molecular formula is C27H34N2O3S. The molecule has 3 saturated carbocycles. The number of anilines is 2. The third kappa shape index (κ3) is 3.70. The fourth-order valence-electron chi connectivity index (χ4n) is 6.66. The molecule has 3 aliphatic carbocycles. The summed E-state index contributed by atoms with van der Waals surface area (Å²) in [6, 6.07) is 9.98. The minimum Gasteiger partial charge on any atom is -0.453 e. The molecule has 6 rings (SSSR count). The number of carbonyl (C=O) groups excluding carboxylic acids is 1. The molecule has 2 aromatic rings. The molecule has 1 aromatic heterocycles. The zero-order chi connectivity index (χ0) is 22.6. The number of hydrogen-bond donors (Lipinski definition) is 2. The number of benzene rings is 1. The molecule has 1 amide bonds. The average Bonchev–Trinajstić information content (AvgIpc) is 3.25. The van der Waals surface area contributed by atoms with E-state index in [2.05, 4.69) is 22.9 Å². The van der Waals surface area contributed by atoms with Crippen LogP contribution in [0.4, 0.5) is 11.4 Å². The predicted octanol–water partition coefficient (Wildman–Crippen LogP) is 6.45. The van der Waals surface area contributed by atoms with Crippen molar-refractivity contribution in [1.82, 2.24) is 0 Å². The zero-order valence-electron chi connectivity index (χ0n) is 19.4. The minimum atomic E-state index is -0.612. The maximum atomic E-state index is 13.7. The molecule has 33 heavy (non-hydrogen) atoms. The van der Waals surface area contributed by atoms with E-state index in [1.165, 1.54) is 31.2 Å². The van der Waals surface area contributed by atoms with E-state index in [9.17, 15) is 9.90 Å². The van der Waals surface area contributed by atoms with Crippen molar-refractivity contribution in [2.45, 2.75) is 75.7 Å². The highest BCUT2D eigenvalue weighted by atomic mass is 32.2. The molecule has 1 unspecified atom stereocenters. The van der Waals surface area contributed by atoms with Crippen molar-refractivity contribution in [2.75, 3.05) is 22.4 Å². The second-order valence-corrected chi connectivity index (χ2v) is 11.5. The maximum Gasteiger partial charge on any atom is 0.294 e. The van der Waals surface area contributed by atoms with Gasteiger partial charge in [-0.25, -0.2) is 0 Å². The summed E-state index contributed by atoms with van der Waals surface area (Å²) in [5.41, 5.74) is 4.07. The Morgan fingerprint density at radius 3 is 2.55 bits per heavy atom. The molecule has 3 fully saturated rings. The fourth-order valence-corrected chi connectivity index (χ4v) is 7.02. The molecule has 1 aliphatic heterocycles. The second kappa shape index (κ2) is 8.09. The van der Waals surface area contributed by atoms with E-state index in [-0.39, 0.29) is 17.2 Å². The van der Waals surface area contributed by atoms with Gasteiger partial charge in [-0.3, -0.25) is 4.79 Å². The van der Waals surface area contributed by atoms with Gasteiger partial charge in [0.05, 0.1) is 0 Å². The first-order chi connectivity index (χ1) is 16.0. The van der Waals surface area contributed by atoms with Gasteiger partial charge < -0.3 is 19.1 Å². The van der Waals surface area contributed by atoms with Gasteiger partial charge in [-0.05, 0) is 98.6 Å². The lowest BCUT2D eigenvalue weighted by Crippen LogP contribution is -2.39. The third-order valence-corrected chi connectivity index (χ3v) is 9.42. The van der Waals surface area contributed by atoms with Gasteiger partial charge in [0.2, 0.25) is 0 Å². The van der Waals surface area contributed by atoms with Crippen LogP contribution in [-0.2, 0) is 5.41 Å². The first-order valence-electron chi connectivity index (χ1n) is 12.6.